The third-order valence-electron chi connectivity index (χ3n) is 5.61. The van der Waals surface area contributed by atoms with Gasteiger partial charge in [-0.1, -0.05) is 56.7 Å². The smallest absolute Gasteiger partial charge is 0.131 e. The Labute approximate surface area is 202 Å². The summed E-state index contributed by atoms with van der Waals surface area (Å²) in [7, 11) is 0. The number of benzene rings is 2. The number of halogens is 1. The lowest BCUT2D eigenvalue weighted by Crippen LogP contribution is -2.08. The van der Waals surface area contributed by atoms with E-state index in [0.29, 0.717) is 29.2 Å². The fourth-order valence-electron chi connectivity index (χ4n) is 3.65. The van der Waals surface area contributed by atoms with Gasteiger partial charge in [0.15, 0.2) is 0 Å². The summed E-state index contributed by atoms with van der Waals surface area (Å²) in [6, 6.07) is 10.7. The number of fused-ring (bicyclic) bond motifs is 1. The molecule has 0 radical (unpaired) electrons. The molecule has 180 valence electrons. The van der Waals surface area contributed by atoms with Crippen LogP contribution in [0, 0.1) is 5.82 Å². The molecule has 0 aliphatic carbocycles. The number of hydrogen-bond acceptors (Lipinski definition) is 4. The molecular formula is C29H35FN2O2. The molecule has 2 aromatic carbocycles. The minimum Gasteiger partial charge on any atom is -0.489 e. The van der Waals surface area contributed by atoms with Crippen LogP contribution < -0.4 is 4.74 Å². The maximum Gasteiger partial charge on any atom is 0.131 e. The highest BCUT2D eigenvalue weighted by Gasteiger charge is 2.08. The van der Waals surface area contributed by atoms with Crippen molar-refractivity contribution in [3.63, 3.8) is 0 Å². The summed E-state index contributed by atoms with van der Waals surface area (Å²) in [5.74, 6) is 0.446. The van der Waals surface area contributed by atoms with Crippen LogP contribution in [0.1, 0.15) is 57.9 Å². The van der Waals surface area contributed by atoms with Crippen molar-refractivity contribution in [2.75, 3.05) is 13.2 Å². The molecule has 1 atom stereocenters. The van der Waals surface area contributed by atoms with E-state index in [1.807, 2.05) is 36.4 Å². The Morgan fingerprint density at radius 3 is 2.76 bits per heavy atom. The number of ether oxygens (including phenoxy) is 2. The van der Waals surface area contributed by atoms with Crippen molar-refractivity contribution in [1.82, 2.24) is 9.97 Å². The number of rotatable bonds is 14. The highest BCUT2D eigenvalue weighted by Crippen LogP contribution is 2.24. The quantitative estimate of drug-likeness (QED) is 0.181. The number of hydrogen-bond donors (Lipinski definition) is 0. The van der Waals surface area contributed by atoms with Crippen LogP contribution in [-0.2, 0) is 4.74 Å². The molecule has 3 aromatic rings. The second-order valence-corrected chi connectivity index (χ2v) is 8.46. The molecule has 4 nitrogen and oxygen atoms in total. The molecule has 1 unspecified atom stereocenters. The average molecular weight is 463 g/mol. The fraction of sp³-hybridized carbons (Fsp3) is 0.379. The monoisotopic (exact) mass is 462 g/mol. The topological polar surface area (TPSA) is 44.2 Å². The molecule has 0 N–H and O–H groups in total. The number of aromatic nitrogens is 2. The van der Waals surface area contributed by atoms with Gasteiger partial charge in [0.2, 0.25) is 0 Å². The molecule has 0 aliphatic heterocycles. The van der Waals surface area contributed by atoms with Gasteiger partial charge in [0, 0.05) is 23.8 Å². The first-order chi connectivity index (χ1) is 16.6. The second-order valence-electron chi connectivity index (χ2n) is 8.46. The van der Waals surface area contributed by atoms with E-state index in [0.717, 1.165) is 43.3 Å². The van der Waals surface area contributed by atoms with Gasteiger partial charge in [-0.3, -0.25) is 4.98 Å². The summed E-state index contributed by atoms with van der Waals surface area (Å²) in [6.07, 6.45) is 14.0. The van der Waals surface area contributed by atoms with Crippen molar-refractivity contribution < 1.29 is 13.9 Å². The lowest BCUT2D eigenvalue weighted by atomic mass is 10.1. The van der Waals surface area contributed by atoms with E-state index in [2.05, 4.69) is 30.4 Å². The predicted octanol–water partition coefficient (Wildman–Crippen LogP) is 7.78. The molecule has 0 spiro atoms. The number of nitrogens with zero attached hydrogens (tertiary/aromatic N) is 2. The van der Waals surface area contributed by atoms with Crippen LogP contribution in [0.15, 0.2) is 61.3 Å². The van der Waals surface area contributed by atoms with Gasteiger partial charge in [0.25, 0.3) is 0 Å². The molecule has 3 rings (SSSR count). The molecule has 34 heavy (non-hydrogen) atoms. The summed E-state index contributed by atoms with van der Waals surface area (Å²) < 4.78 is 26.1. The molecule has 5 heteroatoms. The van der Waals surface area contributed by atoms with Crippen LogP contribution in [0.5, 0.6) is 5.75 Å². The second kappa shape index (κ2) is 13.6. The van der Waals surface area contributed by atoms with E-state index in [9.17, 15) is 4.39 Å². The van der Waals surface area contributed by atoms with Crippen LogP contribution in [0.2, 0.25) is 0 Å². The first-order valence-electron chi connectivity index (χ1n) is 12.2. The van der Waals surface area contributed by atoms with E-state index in [4.69, 9.17) is 9.47 Å². The summed E-state index contributed by atoms with van der Waals surface area (Å²) in [6.45, 7) is 9.24. The number of unbranched alkanes of at least 4 members (excludes halogenated alkanes) is 3. The Morgan fingerprint density at radius 1 is 1.09 bits per heavy atom. The fourth-order valence-corrected chi connectivity index (χ4v) is 3.65. The van der Waals surface area contributed by atoms with Crippen molar-refractivity contribution in [2.24, 2.45) is 0 Å². The van der Waals surface area contributed by atoms with Gasteiger partial charge >= 0.3 is 0 Å². The lowest BCUT2D eigenvalue weighted by molar-refractivity contribution is 0.0566. The SMILES string of the molecule is C=CCOc1ccc2nc(-c3ccc(/C=C/CCCC(C)OCCCCC)c(F)c3)cnc2c1. The van der Waals surface area contributed by atoms with Crippen molar-refractivity contribution in [3.05, 3.63) is 72.7 Å². The zero-order chi connectivity index (χ0) is 24.2. The van der Waals surface area contributed by atoms with E-state index in [-0.39, 0.29) is 11.9 Å². The summed E-state index contributed by atoms with van der Waals surface area (Å²) in [5, 5.41) is 0. The molecule has 0 bridgehead atoms. The van der Waals surface area contributed by atoms with Crippen molar-refractivity contribution in [3.8, 4) is 17.0 Å². The van der Waals surface area contributed by atoms with Gasteiger partial charge in [0.1, 0.15) is 18.2 Å². The van der Waals surface area contributed by atoms with Crippen LogP contribution >= 0.6 is 0 Å². The van der Waals surface area contributed by atoms with E-state index in [1.165, 1.54) is 18.9 Å². The summed E-state index contributed by atoms with van der Waals surface area (Å²) in [5.41, 5.74) is 3.37. The third kappa shape index (κ3) is 7.77. The Kier molecular flexibility index (Phi) is 10.2. The normalized spacial score (nSPS) is 12.3. The minimum atomic E-state index is -0.267. The first kappa shape index (κ1) is 25.6. The van der Waals surface area contributed by atoms with Crippen LogP contribution in [0.4, 0.5) is 4.39 Å². The van der Waals surface area contributed by atoms with Crippen molar-refractivity contribution in [1.29, 1.82) is 0 Å². The highest BCUT2D eigenvalue weighted by molar-refractivity contribution is 5.78. The van der Waals surface area contributed by atoms with Gasteiger partial charge in [-0.25, -0.2) is 9.37 Å². The molecule has 0 saturated heterocycles. The van der Waals surface area contributed by atoms with E-state index >= 15 is 0 Å². The lowest BCUT2D eigenvalue weighted by Gasteiger charge is -2.12. The molecule has 0 aliphatic rings. The maximum absolute atomic E-state index is 14.7. The van der Waals surface area contributed by atoms with Crippen LogP contribution in [0.25, 0.3) is 28.4 Å². The predicted molar refractivity (Wildman–Crippen MR) is 138 cm³/mol. The Bertz CT molecular complexity index is 1100. The van der Waals surface area contributed by atoms with Gasteiger partial charge < -0.3 is 9.47 Å². The van der Waals surface area contributed by atoms with Crippen LogP contribution in [0.3, 0.4) is 0 Å². The molecule has 1 aromatic heterocycles. The molecular weight excluding hydrogens is 427 g/mol. The van der Waals surface area contributed by atoms with Crippen molar-refractivity contribution >= 4 is 17.1 Å². The number of allylic oxidation sites excluding steroid dienone is 1. The zero-order valence-corrected chi connectivity index (χ0v) is 20.3. The average Bonchev–Trinajstić information content (AvgIpc) is 2.85. The Hall–Kier alpha value is -3.05. The van der Waals surface area contributed by atoms with Crippen molar-refractivity contribution in [2.45, 2.75) is 58.5 Å². The van der Waals surface area contributed by atoms with E-state index < -0.39 is 0 Å². The maximum atomic E-state index is 14.7. The third-order valence-corrected chi connectivity index (χ3v) is 5.61. The van der Waals surface area contributed by atoms with Crippen LogP contribution in [-0.4, -0.2) is 29.3 Å². The van der Waals surface area contributed by atoms with E-state index in [1.54, 1.807) is 18.3 Å². The standard InChI is InChI=1S/C29H35FN2O2/c1-4-6-10-18-33-22(3)11-8-7-9-12-23-13-14-24(19-26(23)30)29-21-31-28-20-25(34-17-5-2)15-16-27(28)32-29/h5,9,12-16,19-22H,2,4,6-8,10-11,17-18H2,1,3H3/b12-9+. The molecule has 0 fully saturated rings. The van der Waals surface area contributed by atoms with Gasteiger partial charge in [-0.2, -0.15) is 0 Å². The zero-order valence-electron chi connectivity index (χ0n) is 20.3. The van der Waals surface area contributed by atoms with Gasteiger partial charge in [-0.15, -0.1) is 0 Å². The molecule has 0 saturated carbocycles. The molecule has 0 amide bonds. The summed E-state index contributed by atoms with van der Waals surface area (Å²) >= 11 is 0. The Balaban J connectivity index is 1.55. The summed E-state index contributed by atoms with van der Waals surface area (Å²) in [4.78, 5) is 9.11. The first-order valence-corrected chi connectivity index (χ1v) is 12.2. The van der Waals surface area contributed by atoms with Gasteiger partial charge in [-0.05, 0) is 50.8 Å². The van der Waals surface area contributed by atoms with Gasteiger partial charge in [0.05, 0.1) is 29.0 Å². The molecule has 1 heterocycles. The highest BCUT2D eigenvalue weighted by atomic mass is 19.1. The largest absolute Gasteiger partial charge is 0.489 e. The minimum absolute atomic E-state index is 0.267. The Morgan fingerprint density at radius 2 is 1.97 bits per heavy atom.